The molecule has 49 heavy (non-hydrogen) atoms. The monoisotopic (exact) mass is 662 g/mol. The van der Waals surface area contributed by atoms with Gasteiger partial charge < -0.3 is 4.74 Å². The number of halogens is 3. The third kappa shape index (κ3) is 6.25. The van der Waals surface area contributed by atoms with Crippen molar-refractivity contribution in [2.75, 3.05) is 0 Å². The Labute approximate surface area is 285 Å². The van der Waals surface area contributed by atoms with Crippen molar-refractivity contribution < 1.29 is 17.9 Å². The minimum Gasteiger partial charge on any atom is -0.457 e. The molecule has 7 rings (SSSR count). The van der Waals surface area contributed by atoms with Gasteiger partial charge in [-0.25, -0.2) is 22.8 Å². The number of aromatic nitrogens is 4. The van der Waals surface area contributed by atoms with Gasteiger partial charge in [0.15, 0.2) is 0 Å². The first kappa shape index (κ1) is 32.7. The van der Waals surface area contributed by atoms with Crippen LogP contribution in [0, 0.1) is 0 Å². The molecule has 0 amide bonds. The zero-order chi connectivity index (χ0) is 34.1. The van der Waals surface area contributed by atoms with Crippen molar-refractivity contribution in [2.45, 2.75) is 84.0 Å². The molecule has 1 unspecified atom stereocenters. The van der Waals surface area contributed by atoms with Crippen molar-refractivity contribution in [3.05, 3.63) is 119 Å². The van der Waals surface area contributed by atoms with Gasteiger partial charge >= 0.3 is 0 Å². The van der Waals surface area contributed by atoms with Crippen molar-refractivity contribution in [1.82, 2.24) is 19.3 Å². The highest BCUT2D eigenvalue weighted by Crippen LogP contribution is 2.42. The lowest BCUT2D eigenvalue weighted by molar-refractivity contribution is 0.195. The van der Waals surface area contributed by atoms with Gasteiger partial charge in [-0.15, -0.1) is 0 Å². The molecule has 3 atom stereocenters. The predicted octanol–water partition coefficient (Wildman–Crippen LogP) is 11.0. The lowest BCUT2D eigenvalue weighted by Gasteiger charge is -2.26. The number of ether oxygens (including phenoxy) is 1. The second-order valence-electron chi connectivity index (χ2n) is 12.8. The van der Waals surface area contributed by atoms with Crippen molar-refractivity contribution in [3.63, 3.8) is 0 Å². The predicted molar refractivity (Wildman–Crippen MR) is 191 cm³/mol. The molecule has 0 fully saturated rings. The molecule has 3 aromatic heterocycles. The van der Waals surface area contributed by atoms with Crippen LogP contribution in [-0.4, -0.2) is 31.7 Å². The summed E-state index contributed by atoms with van der Waals surface area (Å²) in [4.78, 5) is 4.79. The van der Waals surface area contributed by atoms with Gasteiger partial charge in [0, 0.05) is 46.8 Å². The average molecular weight is 663 g/mol. The van der Waals surface area contributed by atoms with Crippen LogP contribution in [0.3, 0.4) is 0 Å². The van der Waals surface area contributed by atoms with E-state index in [2.05, 4.69) is 47.9 Å². The Hall–Kier alpha value is -4.85. The van der Waals surface area contributed by atoms with Crippen LogP contribution in [0.4, 0.5) is 13.2 Å². The minimum absolute atomic E-state index is 0.358. The quantitative estimate of drug-likeness (QED) is 0.130. The van der Waals surface area contributed by atoms with Crippen LogP contribution in [0.15, 0.2) is 97.0 Å². The molecule has 0 saturated carbocycles. The standard InChI is InChI=1S/C41H41F3N4O/c1-4-7-8-12-26-19-20-45-39(21-26)47-37-16-10-9-15-31(37)32-18-17-30(25-38(32)47)49-29-14-11-13-28(24-29)48-36(6-3)41(35(5-2)46-48)40-33(43)22-27(42)23-34(40)44/h9-11,13-22,24-25,27,34,40H,4-8,12,23H2,1-3H3/t27-,34-,40?/m0/s1. The second-order valence-corrected chi connectivity index (χ2v) is 12.8. The highest BCUT2D eigenvalue weighted by molar-refractivity contribution is 6.09. The summed E-state index contributed by atoms with van der Waals surface area (Å²) >= 11 is 0. The maximum Gasteiger partial charge on any atom is 0.137 e. The molecule has 1 aliphatic rings. The number of para-hydroxylation sites is 1. The summed E-state index contributed by atoms with van der Waals surface area (Å²) < 4.78 is 54.7. The lowest BCUT2D eigenvalue weighted by Crippen LogP contribution is -2.25. The number of hydrogen-bond acceptors (Lipinski definition) is 3. The smallest absolute Gasteiger partial charge is 0.137 e. The fourth-order valence-electron chi connectivity index (χ4n) is 7.27. The van der Waals surface area contributed by atoms with E-state index in [9.17, 15) is 4.39 Å². The molecule has 6 aromatic rings. The fraction of sp³-hybridized carbons (Fsp3) is 0.317. The first-order valence-electron chi connectivity index (χ1n) is 17.4. The third-order valence-electron chi connectivity index (χ3n) is 9.58. The molecule has 3 aromatic carbocycles. The van der Waals surface area contributed by atoms with Gasteiger partial charge in [0.2, 0.25) is 0 Å². The summed E-state index contributed by atoms with van der Waals surface area (Å²) in [5.74, 6) is 0.206. The Morgan fingerprint density at radius 3 is 2.45 bits per heavy atom. The van der Waals surface area contributed by atoms with Gasteiger partial charge in [0.1, 0.15) is 35.5 Å². The molecule has 3 heterocycles. The van der Waals surface area contributed by atoms with Crippen LogP contribution in [0.2, 0.25) is 0 Å². The largest absolute Gasteiger partial charge is 0.457 e. The molecular formula is C41H41F3N4O. The van der Waals surface area contributed by atoms with E-state index in [-0.39, 0.29) is 6.42 Å². The van der Waals surface area contributed by atoms with Crippen LogP contribution in [0.1, 0.15) is 74.9 Å². The fourth-order valence-corrected chi connectivity index (χ4v) is 7.27. The zero-order valence-electron chi connectivity index (χ0n) is 28.2. The molecular weight excluding hydrogens is 621 g/mol. The topological polar surface area (TPSA) is 44.9 Å². The number of nitrogens with zero attached hydrogens (tertiary/aromatic N) is 4. The van der Waals surface area contributed by atoms with E-state index < -0.39 is 24.1 Å². The summed E-state index contributed by atoms with van der Waals surface area (Å²) in [6.45, 7) is 6.07. The molecule has 0 N–H and O–H groups in total. The summed E-state index contributed by atoms with van der Waals surface area (Å²) in [5, 5.41) is 7.06. The normalized spacial score (nSPS) is 17.9. The number of pyridine rings is 1. The minimum atomic E-state index is -1.66. The van der Waals surface area contributed by atoms with E-state index in [4.69, 9.17) is 14.8 Å². The first-order valence-corrected chi connectivity index (χ1v) is 17.4. The van der Waals surface area contributed by atoms with Crippen molar-refractivity contribution >= 4 is 21.8 Å². The summed E-state index contributed by atoms with van der Waals surface area (Å²) in [5.41, 5.74) is 5.88. The SMILES string of the molecule is CCCCCc1ccnc(-n2c3ccccc3c3ccc(Oc4cccc(-n5nc(CC)c(C6C(F)=C[C@H](F)C[C@@H]6F)c5CC)c4)cc32)c1. The Bertz CT molecular complexity index is 2150. The second kappa shape index (κ2) is 13.9. The van der Waals surface area contributed by atoms with E-state index in [1.54, 1.807) is 4.68 Å². The highest BCUT2D eigenvalue weighted by Gasteiger charge is 2.38. The molecule has 252 valence electrons. The molecule has 0 spiro atoms. The number of aryl methyl sites for hydroxylation is 2. The van der Waals surface area contributed by atoms with Crippen LogP contribution < -0.4 is 4.74 Å². The van der Waals surface area contributed by atoms with Gasteiger partial charge in [-0.1, -0.05) is 57.9 Å². The van der Waals surface area contributed by atoms with Crippen molar-refractivity contribution in [3.8, 4) is 23.0 Å². The molecule has 1 aliphatic carbocycles. The number of benzene rings is 3. The number of alkyl halides is 2. The number of rotatable bonds is 11. The van der Waals surface area contributed by atoms with E-state index in [0.29, 0.717) is 47.0 Å². The number of hydrogen-bond donors (Lipinski definition) is 0. The third-order valence-corrected chi connectivity index (χ3v) is 9.58. The lowest BCUT2D eigenvalue weighted by atomic mass is 9.83. The Kier molecular flexibility index (Phi) is 9.30. The highest BCUT2D eigenvalue weighted by atomic mass is 19.2. The van der Waals surface area contributed by atoms with Crippen LogP contribution in [-0.2, 0) is 19.3 Å². The van der Waals surface area contributed by atoms with E-state index >= 15 is 8.78 Å². The van der Waals surface area contributed by atoms with Crippen molar-refractivity contribution in [2.24, 2.45) is 0 Å². The number of allylic oxidation sites excluding steroid dienone is 2. The summed E-state index contributed by atoms with van der Waals surface area (Å²) in [6.07, 6.45) is 4.69. The van der Waals surface area contributed by atoms with Crippen LogP contribution in [0.25, 0.3) is 33.3 Å². The molecule has 0 radical (unpaired) electrons. The molecule has 8 heteroatoms. The van der Waals surface area contributed by atoms with Gasteiger partial charge in [-0.05, 0) is 79.8 Å². The summed E-state index contributed by atoms with van der Waals surface area (Å²) in [7, 11) is 0. The van der Waals surface area contributed by atoms with E-state index in [1.165, 1.54) is 18.4 Å². The summed E-state index contributed by atoms with van der Waals surface area (Å²) in [6, 6.07) is 26.3. The molecule has 5 nitrogen and oxygen atoms in total. The first-order chi connectivity index (χ1) is 23.9. The molecule has 0 bridgehead atoms. The Morgan fingerprint density at radius 1 is 0.837 bits per heavy atom. The van der Waals surface area contributed by atoms with Gasteiger partial charge in [-0.3, -0.25) is 4.57 Å². The van der Waals surface area contributed by atoms with E-state index in [1.807, 2.05) is 62.5 Å². The van der Waals surface area contributed by atoms with Crippen molar-refractivity contribution in [1.29, 1.82) is 0 Å². The molecule has 0 saturated heterocycles. The number of unbranched alkanes of at least 4 members (excludes halogenated alkanes) is 2. The maximum absolute atomic E-state index is 15.2. The van der Waals surface area contributed by atoms with Gasteiger partial charge in [0.05, 0.1) is 28.3 Å². The Morgan fingerprint density at radius 2 is 1.65 bits per heavy atom. The van der Waals surface area contributed by atoms with E-state index in [0.717, 1.165) is 46.5 Å². The van der Waals surface area contributed by atoms with Gasteiger partial charge in [0.25, 0.3) is 0 Å². The average Bonchev–Trinajstić information content (AvgIpc) is 3.63. The maximum atomic E-state index is 15.2. The zero-order valence-corrected chi connectivity index (χ0v) is 28.2. The van der Waals surface area contributed by atoms with Crippen LogP contribution >= 0.6 is 0 Å². The Balaban J connectivity index is 1.26. The van der Waals surface area contributed by atoms with Crippen LogP contribution in [0.5, 0.6) is 11.5 Å². The molecule has 0 aliphatic heterocycles. The number of fused-ring (bicyclic) bond motifs is 3. The van der Waals surface area contributed by atoms with Gasteiger partial charge in [-0.2, -0.15) is 5.10 Å².